The molecule has 0 spiro atoms. The van der Waals surface area contributed by atoms with Crippen LogP contribution >= 0.6 is 0 Å². The average Bonchev–Trinajstić information content (AvgIpc) is 3.07. The van der Waals surface area contributed by atoms with Crippen molar-refractivity contribution in [2.45, 2.75) is 13.0 Å². The standard InChI is InChI=1S/C18H25N3O4/c1-21(12-17(22)19-9-4-10-23-2)11-15-13-25-18(20-15)14-5-7-16(24-3)8-6-14/h5-8,13H,4,9-12H2,1-3H3,(H,19,22). The van der Waals surface area contributed by atoms with E-state index >= 15 is 0 Å². The van der Waals surface area contributed by atoms with Gasteiger partial charge in [0, 0.05) is 32.4 Å². The number of amides is 1. The zero-order valence-corrected chi connectivity index (χ0v) is 14.9. The van der Waals surface area contributed by atoms with Crippen molar-refractivity contribution in [3.8, 4) is 17.2 Å². The number of likely N-dealkylation sites (N-methyl/N-ethyl adjacent to an activating group) is 1. The molecule has 1 heterocycles. The number of ether oxygens (including phenoxy) is 2. The van der Waals surface area contributed by atoms with Crippen molar-refractivity contribution in [3.05, 3.63) is 36.2 Å². The van der Waals surface area contributed by atoms with Crippen LogP contribution in [-0.4, -0.2) is 56.8 Å². The van der Waals surface area contributed by atoms with E-state index in [0.29, 0.717) is 32.1 Å². The Bertz CT molecular complexity index is 655. The Hall–Kier alpha value is -2.38. The molecule has 2 aromatic rings. The van der Waals surface area contributed by atoms with Crippen LogP contribution in [0.4, 0.5) is 0 Å². The van der Waals surface area contributed by atoms with Crippen LogP contribution in [0.15, 0.2) is 34.9 Å². The fourth-order valence-electron chi connectivity index (χ4n) is 2.32. The number of nitrogens with zero attached hydrogens (tertiary/aromatic N) is 2. The minimum atomic E-state index is -0.0162. The maximum absolute atomic E-state index is 11.8. The van der Waals surface area contributed by atoms with Crippen molar-refractivity contribution in [3.63, 3.8) is 0 Å². The molecule has 0 unspecified atom stereocenters. The number of hydrogen-bond donors (Lipinski definition) is 1. The van der Waals surface area contributed by atoms with Crippen LogP contribution in [0.5, 0.6) is 5.75 Å². The molecule has 1 aromatic carbocycles. The molecule has 2 rings (SSSR count). The molecular formula is C18H25N3O4. The molecule has 0 fully saturated rings. The van der Waals surface area contributed by atoms with Gasteiger partial charge in [0.05, 0.1) is 19.3 Å². The van der Waals surface area contributed by atoms with Crippen LogP contribution < -0.4 is 10.1 Å². The van der Waals surface area contributed by atoms with Crippen molar-refractivity contribution in [1.82, 2.24) is 15.2 Å². The van der Waals surface area contributed by atoms with Crippen molar-refractivity contribution >= 4 is 5.91 Å². The smallest absolute Gasteiger partial charge is 0.234 e. The first kappa shape index (κ1) is 19.0. The number of oxazole rings is 1. The molecule has 0 atom stereocenters. The highest BCUT2D eigenvalue weighted by atomic mass is 16.5. The highest BCUT2D eigenvalue weighted by Crippen LogP contribution is 2.22. The lowest BCUT2D eigenvalue weighted by molar-refractivity contribution is -0.122. The summed E-state index contributed by atoms with van der Waals surface area (Å²) in [7, 11) is 5.14. The summed E-state index contributed by atoms with van der Waals surface area (Å²) in [4.78, 5) is 18.2. The fourth-order valence-corrected chi connectivity index (χ4v) is 2.32. The summed E-state index contributed by atoms with van der Waals surface area (Å²) in [6.07, 6.45) is 2.42. The number of carbonyl (C=O) groups is 1. The van der Waals surface area contributed by atoms with Crippen LogP contribution in [0.1, 0.15) is 12.1 Å². The molecule has 0 aliphatic carbocycles. The highest BCUT2D eigenvalue weighted by molar-refractivity contribution is 5.77. The third-order valence-electron chi connectivity index (χ3n) is 3.58. The van der Waals surface area contributed by atoms with E-state index in [4.69, 9.17) is 13.9 Å². The van der Waals surface area contributed by atoms with Gasteiger partial charge >= 0.3 is 0 Å². The molecule has 0 aliphatic rings. The number of rotatable bonds is 10. The maximum atomic E-state index is 11.8. The molecular weight excluding hydrogens is 322 g/mol. The summed E-state index contributed by atoms with van der Waals surface area (Å²) >= 11 is 0. The van der Waals surface area contributed by atoms with E-state index in [2.05, 4.69) is 10.3 Å². The van der Waals surface area contributed by atoms with Crippen molar-refractivity contribution < 1.29 is 18.7 Å². The lowest BCUT2D eigenvalue weighted by Gasteiger charge is -2.14. The summed E-state index contributed by atoms with van der Waals surface area (Å²) in [5.74, 6) is 1.32. The predicted octanol–water partition coefficient (Wildman–Crippen LogP) is 1.93. The molecule has 0 saturated heterocycles. The second kappa shape index (κ2) is 9.80. The minimum absolute atomic E-state index is 0.0162. The van der Waals surface area contributed by atoms with Gasteiger partial charge in [0.15, 0.2) is 0 Å². The van der Waals surface area contributed by atoms with E-state index in [0.717, 1.165) is 23.4 Å². The molecule has 1 aromatic heterocycles. The first-order chi connectivity index (χ1) is 12.1. The second-order valence-corrected chi connectivity index (χ2v) is 5.74. The second-order valence-electron chi connectivity index (χ2n) is 5.74. The van der Waals surface area contributed by atoms with Crippen molar-refractivity contribution in [1.29, 1.82) is 0 Å². The number of aromatic nitrogens is 1. The monoisotopic (exact) mass is 347 g/mol. The largest absolute Gasteiger partial charge is 0.497 e. The van der Waals surface area contributed by atoms with Crippen LogP contribution in [0.25, 0.3) is 11.5 Å². The van der Waals surface area contributed by atoms with E-state index in [1.807, 2.05) is 36.2 Å². The topological polar surface area (TPSA) is 76.8 Å². The predicted molar refractivity (Wildman–Crippen MR) is 94.3 cm³/mol. The normalized spacial score (nSPS) is 10.9. The fraction of sp³-hybridized carbons (Fsp3) is 0.444. The average molecular weight is 347 g/mol. The first-order valence-electron chi connectivity index (χ1n) is 8.15. The highest BCUT2D eigenvalue weighted by Gasteiger charge is 2.11. The van der Waals surface area contributed by atoms with Gasteiger partial charge in [0.25, 0.3) is 0 Å². The molecule has 7 heteroatoms. The summed E-state index contributed by atoms with van der Waals surface area (Å²) in [6, 6.07) is 7.51. The molecule has 25 heavy (non-hydrogen) atoms. The zero-order chi connectivity index (χ0) is 18.1. The van der Waals surface area contributed by atoms with Gasteiger partial charge in [-0.2, -0.15) is 0 Å². The van der Waals surface area contributed by atoms with Gasteiger partial charge in [0.1, 0.15) is 12.0 Å². The Balaban J connectivity index is 1.82. The van der Waals surface area contributed by atoms with E-state index in [1.165, 1.54) is 0 Å². The molecule has 1 amide bonds. The first-order valence-corrected chi connectivity index (χ1v) is 8.15. The van der Waals surface area contributed by atoms with Gasteiger partial charge < -0.3 is 19.2 Å². The molecule has 136 valence electrons. The third-order valence-corrected chi connectivity index (χ3v) is 3.58. The van der Waals surface area contributed by atoms with Gasteiger partial charge in [-0.15, -0.1) is 0 Å². The number of carbonyl (C=O) groups excluding carboxylic acids is 1. The maximum Gasteiger partial charge on any atom is 0.234 e. The Morgan fingerprint density at radius 1 is 1.28 bits per heavy atom. The zero-order valence-electron chi connectivity index (χ0n) is 14.9. The number of methoxy groups -OCH3 is 2. The van der Waals surface area contributed by atoms with E-state index in [1.54, 1.807) is 20.5 Å². The number of nitrogens with one attached hydrogen (secondary N) is 1. The minimum Gasteiger partial charge on any atom is -0.497 e. The number of hydrogen-bond acceptors (Lipinski definition) is 6. The van der Waals surface area contributed by atoms with Crippen molar-refractivity contribution in [2.75, 3.05) is 41.0 Å². The summed E-state index contributed by atoms with van der Waals surface area (Å²) in [5.41, 5.74) is 1.66. The Labute approximate surface area is 147 Å². The lowest BCUT2D eigenvalue weighted by atomic mass is 10.2. The van der Waals surface area contributed by atoms with E-state index < -0.39 is 0 Å². The van der Waals surface area contributed by atoms with Crippen LogP contribution in [0.3, 0.4) is 0 Å². The molecule has 0 saturated carbocycles. The van der Waals surface area contributed by atoms with Gasteiger partial charge in [-0.05, 0) is 37.7 Å². The quantitative estimate of drug-likeness (QED) is 0.662. The lowest BCUT2D eigenvalue weighted by Crippen LogP contribution is -2.35. The van der Waals surface area contributed by atoms with E-state index in [-0.39, 0.29) is 5.91 Å². The van der Waals surface area contributed by atoms with Gasteiger partial charge in [-0.3, -0.25) is 9.69 Å². The SMILES string of the molecule is COCCCNC(=O)CN(C)Cc1coc(-c2ccc(OC)cc2)n1. The molecule has 0 radical (unpaired) electrons. The Kier molecular flexibility index (Phi) is 7.43. The van der Waals surface area contributed by atoms with Crippen LogP contribution in [-0.2, 0) is 16.1 Å². The molecule has 0 bridgehead atoms. The third kappa shape index (κ3) is 6.21. The van der Waals surface area contributed by atoms with Crippen LogP contribution in [0.2, 0.25) is 0 Å². The van der Waals surface area contributed by atoms with Gasteiger partial charge in [-0.1, -0.05) is 0 Å². The van der Waals surface area contributed by atoms with Crippen molar-refractivity contribution in [2.24, 2.45) is 0 Å². The summed E-state index contributed by atoms with van der Waals surface area (Å²) in [5, 5.41) is 2.86. The summed E-state index contributed by atoms with van der Waals surface area (Å²) in [6.45, 7) is 2.10. The molecule has 1 N–H and O–H groups in total. The summed E-state index contributed by atoms with van der Waals surface area (Å²) < 4.78 is 15.6. The Morgan fingerprint density at radius 2 is 2.04 bits per heavy atom. The van der Waals surface area contributed by atoms with Gasteiger partial charge in [-0.25, -0.2) is 4.98 Å². The molecule has 7 nitrogen and oxygen atoms in total. The Morgan fingerprint density at radius 3 is 2.72 bits per heavy atom. The van der Waals surface area contributed by atoms with Gasteiger partial charge in [0.2, 0.25) is 11.8 Å². The number of benzene rings is 1. The van der Waals surface area contributed by atoms with E-state index in [9.17, 15) is 4.79 Å². The van der Waals surface area contributed by atoms with Crippen LogP contribution in [0, 0.1) is 0 Å². The molecule has 0 aliphatic heterocycles.